The maximum Gasteiger partial charge on any atom is 0.135 e. The van der Waals surface area contributed by atoms with Crippen molar-refractivity contribution in [1.29, 1.82) is 0 Å². The highest BCUT2D eigenvalue weighted by Crippen LogP contribution is 2.35. The summed E-state index contributed by atoms with van der Waals surface area (Å²) in [6.45, 7) is 0. The van der Waals surface area contributed by atoms with Crippen LogP contribution >= 0.6 is 0 Å². The van der Waals surface area contributed by atoms with Crippen LogP contribution in [0, 0.1) is 0 Å². The van der Waals surface area contributed by atoms with Gasteiger partial charge in [0.1, 0.15) is 11.2 Å². The second-order valence-electron chi connectivity index (χ2n) is 7.93. The van der Waals surface area contributed by atoms with Gasteiger partial charge in [-0.1, -0.05) is 84.9 Å². The standard InChI is InChI=1S/C30H21NO/c1-2-9-21(10-3-1)25-13-4-5-14-26(25)22-11-8-12-23(19-22)31-24-17-18-30-28(20-24)27-15-6-7-16-29(27)32-30/h1-20,31H. The Morgan fingerprint density at radius 3 is 1.97 bits per heavy atom. The summed E-state index contributed by atoms with van der Waals surface area (Å²) in [7, 11) is 0. The molecule has 0 spiro atoms. The molecule has 2 nitrogen and oxygen atoms in total. The number of furan rings is 1. The Kier molecular flexibility index (Phi) is 4.47. The van der Waals surface area contributed by atoms with Gasteiger partial charge in [-0.15, -0.1) is 0 Å². The van der Waals surface area contributed by atoms with E-state index in [1.807, 2.05) is 24.3 Å². The SMILES string of the molecule is c1ccc(-c2ccccc2-c2cccc(Nc3ccc4oc5ccccc5c4c3)c2)cc1. The van der Waals surface area contributed by atoms with Crippen molar-refractivity contribution >= 4 is 33.3 Å². The number of hydrogen-bond donors (Lipinski definition) is 1. The van der Waals surface area contributed by atoms with Gasteiger partial charge in [-0.2, -0.15) is 0 Å². The van der Waals surface area contributed by atoms with Crippen molar-refractivity contribution in [3.63, 3.8) is 0 Å². The van der Waals surface area contributed by atoms with Gasteiger partial charge < -0.3 is 9.73 Å². The van der Waals surface area contributed by atoms with Crippen molar-refractivity contribution in [2.75, 3.05) is 5.32 Å². The molecule has 1 heterocycles. The summed E-state index contributed by atoms with van der Waals surface area (Å²) in [6, 6.07) is 42.1. The molecule has 0 saturated heterocycles. The van der Waals surface area contributed by atoms with Crippen LogP contribution < -0.4 is 5.32 Å². The van der Waals surface area contributed by atoms with Crippen LogP contribution in [0.5, 0.6) is 0 Å². The van der Waals surface area contributed by atoms with Gasteiger partial charge in [0.2, 0.25) is 0 Å². The van der Waals surface area contributed by atoms with Gasteiger partial charge in [0, 0.05) is 22.1 Å². The van der Waals surface area contributed by atoms with E-state index in [4.69, 9.17) is 4.42 Å². The summed E-state index contributed by atoms with van der Waals surface area (Å²) in [5.74, 6) is 0. The highest BCUT2D eigenvalue weighted by molar-refractivity contribution is 6.06. The number of rotatable bonds is 4. The van der Waals surface area contributed by atoms with Crippen molar-refractivity contribution in [2.45, 2.75) is 0 Å². The Morgan fingerprint density at radius 2 is 1.09 bits per heavy atom. The highest BCUT2D eigenvalue weighted by Gasteiger charge is 2.09. The van der Waals surface area contributed by atoms with Crippen LogP contribution in [-0.4, -0.2) is 0 Å². The summed E-state index contributed by atoms with van der Waals surface area (Å²) in [4.78, 5) is 0. The highest BCUT2D eigenvalue weighted by atomic mass is 16.3. The fraction of sp³-hybridized carbons (Fsp3) is 0. The van der Waals surface area contributed by atoms with Crippen LogP contribution in [-0.2, 0) is 0 Å². The normalized spacial score (nSPS) is 11.1. The second kappa shape index (κ2) is 7.75. The first-order chi connectivity index (χ1) is 15.8. The van der Waals surface area contributed by atoms with Crippen LogP contribution in [0.3, 0.4) is 0 Å². The van der Waals surface area contributed by atoms with E-state index in [-0.39, 0.29) is 0 Å². The summed E-state index contributed by atoms with van der Waals surface area (Å²) in [6.07, 6.45) is 0. The summed E-state index contributed by atoms with van der Waals surface area (Å²) >= 11 is 0. The average Bonchev–Trinajstić information content (AvgIpc) is 3.23. The molecule has 1 aromatic heterocycles. The molecule has 5 aromatic carbocycles. The lowest BCUT2D eigenvalue weighted by Gasteiger charge is -2.12. The number of benzene rings is 5. The Labute approximate surface area is 186 Å². The van der Waals surface area contributed by atoms with Crippen molar-refractivity contribution in [2.24, 2.45) is 0 Å². The molecule has 0 atom stereocenters. The predicted octanol–water partition coefficient (Wildman–Crippen LogP) is 8.66. The lowest BCUT2D eigenvalue weighted by molar-refractivity contribution is 0.669. The predicted molar refractivity (Wildman–Crippen MR) is 134 cm³/mol. The molecule has 0 aliphatic carbocycles. The smallest absolute Gasteiger partial charge is 0.135 e. The molecule has 0 bridgehead atoms. The Hall–Kier alpha value is -4.30. The maximum absolute atomic E-state index is 5.96. The molecular formula is C30H21NO. The van der Waals surface area contributed by atoms with E-state index in [9.17, 15) is 0 Å². The first kappa shape index (κ1) is 18.5. The molecule has 0 saturated carbocycles. The fourth-order valence-corrected chi connectivity index (χ4v) is 4.34. The Bertz CT molecular complexity index is 1550. The molecule has 0 aliphatic heterocycles. The van der Waals surface area contributed by atoms with E-state index >= 15 is 0 Å². The summed E-state index contributed by atoms with van der Waals surface area (Å²) in [5.41, 5.74) is 8.77. The minimum Gasteiger partial charge on any atom is -0.456 e. The lowest BCUT2D eigenvalue weighted by Crippen LogP contribution is -1.91. The Balaban J connectivity index is 1.37. The topological polar surface area (TPSA) is 25.2 Å². The van der Waals surface area contributed by atoms with Crippen LogP contribution in [0.2, 0.25) is 0 Å². The summed E-state index contributed by atoms with van der Waals surface area (Å²) < 4.78 is 5.96. The summed E-state index contributed by atoms with van der Waals surface area (Å²) in [5, 5.41) is 5.84. The van der Waals surface area contributed by atoms with Gasteiger partial charge in [-0.05, 0) is 58.7 Å². The molecule has 0 unspecified atom stereocenters. The molecule has 0 aliphatic rings. The maximum atomic E-state index is 5.96. The van der Waals surface area contributed by atoms with Gasteiger partial charge >= 0.3 is 0 Å². The van der Waals surface area contributed by atoms with E-state index in [0.717, 1.165) is 33.3 Å². The molecular weight excluding hydrogens is 390 g/mol. The van der Waals surface area contributed by atoms with Gasteiger partial charge in [0.05, 0.1) is 0 Å². The first-order valence-corrected chi connectivity index (χ1v) is 10.8. The number of para-hydroxylation sites is 1. The van der Waals surface area contributed by atoms with E-state index < -0.39 is 0 Å². The molecule has 0 radical (unpaired) electrons. The molecule has 0 fully saturated rings. The number of fused-ring (bicyclic) bond motifs is 3. The third-order valence-electron chi connectivity index (χ3n) is 5.85. The fourth-order valence-electron chi connectivity index (χ4n) is 4.34. The van der Waals surface area contributed by atoms with E-state index in [1.165, 1.54) is 22.3 Å². The van der Waals surface area contributed by atoms with Gasteiger partial charge in [0.15, 0.2) is 0 Å². The minimum atomic E-state index is 0.905. The average molecular weight is 412 g/mol. The monoisotopic (exact) mass is 411 g/mol. The largest absolute Gasteiger partial charge is 0.456 e. The molecule has 0 amide bonds. The third-order valence-corrected chi connectivity index (χ3v) is 5.85. The molecule has 6 rings (SSSR count). The zero-order valence-corrected chi connectivity index (χ0v) is 17.5. The second-order valence-corrected chi connectivity index (χ2v) is 7.93. The molecule has 2 heteroatoms. The van der Waals surface area contributed by atoms with Crippen LogP contribution in [0.1, 0.15) is 0 Å². The quantitative estimate of drug-likeness (QED) is 0.314. The lowest BCUT2D eigenvalue weighted by atomic mass is 9.94. The Morgan fingerprint density at radius 1 is 0.438 bits per heavy atom. The zero-order valence-electron chi connectivity index (χ0n) is 17.5. The van der Waals surface area contributed by atoms with Crippen LogP contribution in [0.4, 0.5) is 11.4 Å². The van der Waals surface area contributed by atoms with Crippen molar-refractivity contribution in [3.8, 4) is 22.3 Å². The van der Waals surface area contributed by atoms with Gasteiger partial charge in [0.25, 0.3) is 0 Å². The molecule has 32 heavy (non-hydrogen) atoms. The third kappa shape index (κ3) is 3.32. The van der Waals surface area contributed by atoms with Crippen molar-refractivity contribution < 1.29 is 4.42 Å². The minimum absolute atomic E-state index is 0.905. The van der Waals surface area contributed by atoms with Gasteiger partial charge in [-0.25, -0.2) is 0 Å². The number of hydrogen-bond acceptors (Lipinski definition) is 2. The first-order valence-electron chi connectivity index (χ1n) is 10.8. The molecule has 6 aromatic rings. The number of nitrogens with one attached hydrogen (secondary N) is 1. The number of anilines is 2. The van der Waals surface area contributed by atoms with E-state index in [0.29, 0.717) is 0 Å². The van der Waals surface area contributed by atoms with Crippen molar-refractivity contribution in [1.82, 2.24) is 0 Å². The van der Waals surface area contributed by atoms with Gasteiger partial charge in [-0.3, -0.25) is 0 Å². The van der Waals surface area contributed by atoms with E-state index in [1.54, 1.807) is 0 Å². The van der Waals surface area contributed by atoms with Crippen LogP contribution in [0.25, 0.3) is 44.2 Å². The zero-order chi connectivity index (χ0) is 21.3. The van der Waals surface area contributed by atoms with Crippen LogP contribution in [0.15, 0.2) is 126 Å². The van der Waals surface area contributed by atoms with Crippen molar-refractivity contribution in [3.05, 3.63) is 121 Å². The molecule has 1 N–H and O–H groups in total. The molecule has 152 valence electrons. The van der Waals surface area contributed by atoms with E-state index in [2.05, 4.69) is 102 Å².